The number of hydrogen-bond acceptors (Lipinski definition) is 3. The van der Waals surface area contributed by atoms with Crippen LogP contribution in [0.15, 0.2) is 24.3 Å². The zero-order valence-corrected chi connectivity index (χ0v) is 12.6. The number of carbonyl (C=O) groups excluding carboxylic acids is 1. The lowest BCUT2D eigenvalue weighted by Crippen LogP contribution is -2.30. The van der Waals surface area contributed by atoms with Crippen LogP contribution in [0.4, 0.5) is 0 Å². The highest BCUT2D eigenvalue weighted by Gasteiger charge is 2.38. The molecule has 2 rings (SSSR count). The molecule has 1 aliphatic heterocycles. The summed E-state index contributed by atoms with van der Waals surface area (Å²) in [4.78, 5) is 14.3. The molecule has 0 bridgehead atoms. The molecule has 0 saturated carbocycles. The Balaban J connectivity index is 2.19. The van der Waals surface area contributed by atoms with Gasteiger partial charge in [0.15, 0.2) is 0 Å². The van der Waals surface area contributed by atoms with Crippen LogP contribution < -0.4 is 10.1 Å². The molecule has 110 valence electrons. The first-order valence-corrected chi connectivity index (χ1v) is 7.41. The number of ether oxygens (including phenoxy) is 1. The number of rotatable bonds is 6. The van der Waals surface area contributed by atoms with Gasteiger partial charge < -0.3 is 9.64 Å². The van der Waals surface area contributed by atoms with E-state index >= 15 is 0 Å². The fourth-order valence-electron chi connectivity index (χ4n) is 2.72. The lowest BCUT2D eigenvalue weighted by molar-refractivity contribution is -0.130. The number of amides is 1. The Kier molecular flexibility index (Phi) is 5.01. The first-order chi connectivity index (χ1) is 9.71. The molecule has 1 amide bonds. The highest BCUT2D eigenvalue weighted by atomic mass is 16.5. The van der Waals surface area contributed by atoms with E-state index in [0.29, 0.717) is 0 Å². The van der Waals surface area contributed by atoms with Crippen LogP contribution >= 0.6 is 0 Å². The highest BCUT2D eigenvalue weighted by molar-refractivity contribution is 5.84. The molecule has 1 N–H and O–H groups in total. The van der Waals surface area contributed by atoms with Gasteiger partial charge in [-0.3, -0.25) is 10.1 Å². The summed E-state index contributed by atoms with van der Waals surface area (Å²) in [5.74, 6) is 1.04. The Labute approximate surface area is 121 Å². The van der Waals surface area contributed by atoms with Gasteiger partial charge in [-0.15, -0.1) is 0 Å². The molecule has 0 spiro atoms. The Morgan fingerprint density at radius 3 is 2.80 bits per heavy atom. The topological polar surface area (TPSA) is 41.6 Å². The second-order valence-corrected chi connectivity index (χ2v) is 5.16. The minimum absolute atomic E-state index is 0.0375. The summed E-state index contributed by atoms with van der Waals surface area (Å²) in [5.41, 5.74) is 1.08. The largest absolute Gasteiger partial charge is 0.497 e. The standard InChI is InChI=1S/C16H24N2O2/c1-4-6-10-14-16(19)18(5-2)15(17-14)12-8-7-9-13(11-12)20-3/h7-9,11,14-15,17H,4-6,10H2,1-3H3. The van der Waals surface area contributed by atoms with Crippen LogP contribution in [0.3, 0.4) is 0 Å². The van der Waals surface area contributed by atoms with Gasteiger partial charge in [0.05, 0.1) is 13.2 Å². The monoisotopic (exact) mass is 276 g/mol. The van der Waals surface area contributed by atoms with Gasteiger partial charge in [-0.05, 0) is 31.0 Å². The van der Waals surface area contributed by atoms with E-state index in [1.54, 1.807) is 7.11 Å². The smallest absolute Gasteiger partial charge is 0.241 e. The zero-order valence-electron chi connectivity index (χ0n) is 12.6. The van der Waals surface area contributed by atoms with Gasteiger partial charge in [0.2, 0.25) is 5.91 Å². The molecule has 1 fully saturated rings. The Bertz CT molecular complexity index is 462. The van der Waals surface area contributed by atoms with Crippen LogP contribution in [0.1, 0.15) is 44.8 Å². The zero-order chi connectivity index (χ0) is 14.5. The Morgan fingerprint density at radius 2 is 2.15 bits per heavy atom. The first kappa shape index (κ1) is 14.9. The lowest BCUT2D eigenvalue weighted by atomic mass is 10.1. The minimum atomic E-state index is -0.0499. The fourth-order valence-corrected chi connectivity index (χ4v) is 2.72. The molecule has 2 atom stereocenters. The van der Waals surface area contributed by atoms with Crippen LogP contribution in [0.2, 0.25) is 0 Å². The Morgan fingerprint density at radius 1 is 1.35 bits per heavy atom. The molecular formula is C16H24N2O2. The SMILES string of the molecule is CCCCC1NC(c2cccc(OC)c2)N(CC)C1=O. The number of nitrogens with zero attached hydrogens (tertiary/aromatic N) is 1. The van der Waals surface area contributed by atoms with E-state index < -0.39 is 0 Å². The molecule has 0 aliphatic carbocycles. The lowest BCUT2D eigenvalue weighted by Gasteiger charge is -2.23. The van der Waals surface area contributed by atoms with Crippen molar-refractivity contribution in [2.24, 2.45) is 0 Å². The molecule has 1 aliphatic rings. The van der Waals surface area contributed by atoms with Gasteiger partial charge in [0.1, 0.15) is 11.9 Å². The summed E-state index contributed by atoms with van der Waals surface area (Å²) in [6, 6.07) is 7.87. The van der Waals surface area contributed by atoms with Crippen LogP contribution in [0.5, 0.6) is 5.75 Å². The van der Waals surface area contributed by atoms with Crippen molar-refractivity contribution in [2.75, 3.05) is 13.7 Å². The maximum atomic E-state index is 12.4. The third kappa shape index (κ3) is 2.96. The normalized spacial score (nSPS) is 22.4. The Hall–Kier alpha value is -1.55. The molecule has 4 heteroatoms. The maximum absolute atomic E-state index is 12.4. The molecule has 0 radical (unpaired) electrons. The third-order valence-electron chi connectivity index (χ3n) is 3.85. The number of unbranched alkanes of at least 4 members (excludes halogenated alkanes) is 1. The average molecular weight is 276 g/mol. The van der Waals surface area contributed by atoms with Crippen molar-refractivity contribution >= 4 is 5.91 Å². The molecule has 1 saturated heterocycles. The summed E-state index contributed by atoms with van der Waals surface area (Å²) in [7, 11) is 1.66. The van der Waals surface area contributed by atoms with Gasteiger partial charge in [-0.2, -0.15) is 0 Å². The van der Waals surface area contributed by atoms with Crippen molar-refractivity contribution in [1.29, 1.82) is 0 Å². The van der Waals surface area contributed by atoms with E-state index in [9.17, 15) is 4.79 Å². The van der Waals surface area contributed by atoms with Gasteiger partial charge in [0, 0.05) is 6.54 Å². The van der Waals surface area contributed by atoms with Crippen molar-refractivity contribution in [3.05, 3.63) is 29.8 Å². The third-order valence-corrected chi connectivity index (χ3v) is 3.85. The van der Waals surface area contributed by atoms with E-state index in [1.807, 2.05) is 36.1 Å². The van der Waals surface area contributed by atoms with Crippen molar-refractivity contribution in [2.45, 2.75) is 45.3 Å². The van der Waals surface area contributed by atoms with E-state index in [4.69, 9.17) is 4.74 Å². The predicted molar refractivity (Wildman–Crippen MR) is 79.6 cm³/mol. The van der Waals surface area contributed by atoms with Crippen molar-refractivity contribution in [3.8, 4) is 5.75 Å². The summed E-state index contributed by atoms with van der Waals surface area (Å²) >= 11 is 0. The molecular weight excluding hydrogens is 252 g/mol. The average Bonchev–Trinajstić information content (AvgIpc) is 2.81. The fraction of sp³-hybridized carbons (Fsp3) is 0.562. The summed E-state index contributed by atoms with van der Waals surface area (Å²) in [6.45, 7) is 4.89. The summed E-state index contributed by atoms with van der Waals surface area (Å²) < 4.78 is 5.27. The van der Waals surface area contributed by atoms with Crippen LogP contribution in [0.25, 0.3) is 0 Å². The van der Waals surface area contributed by atoms with E-state index in [1.165, 1.54) is 0 Å². The van der Waals surface area contributed by atoms with Crippen molar-refractivity contribution in [1.82, 2.24) is 10.2 Å². The summed E-state index contributed by atoms with van der Waals surface area (Å²) in [6.07, 6.45) is 3.06. The molecule has 20 heavy (non-hydrogen) atoms. The van der Waals surface area contributed by atoms with E-state index in [0.717, 1.165) is 37.1 Å². The number of carbonyl (C=O) groups is 1. The van der Waals surface area contributed by atoms with E-state index in [2.05, 4.69) is 12.2 Å². The van der Waals surface area contributed by atoms with Gasteiger partial charge in [-0.1, -0.05) is 31.9 Å². The molecule has 1 aromatic carbocycles. The van der Waals surface area contributed by atoms with Crippen LogP contribution in [0, 0.1) is 0 Å². The maximum Gasteiger partial charge on any atom is 0.241 e. The second kappa shape index (κ2) is 6.75. The number of hydrogen-bond donors (Lipinski definition) is 1. The second-order valence-electron chi connectivity index (χ2n) is 5.16. The number of methoxy groups -OCH3 is 1. The van der Waals surface area contributed by atoms with Crippen LogP contribution in [-0.2, 0) is 4.79 Å². The van der Waals surface area contributed by atoms with Gasteiger partial charge >= 0.3 is 0 Å². The predicted octanol–water partition coefficient (Wildman–Crippen LogP) is 2.70. The molecule has 2 unspecified atom stereocenters. The number of nitrogens with one attached hydrogen (secondary N) is 1. The first-order valence-electron chi connectivity index (χ1n) is 7.41. The van der Waals surface area contributed by atoms with E-state index in [-0.39, 0.29) is 18.1 Å². The molecule has 4 nitrogen and oxygen atoms in total. The number of benzene rings is 1. The summed E-state index contributed by atoms with van der Waals surface area (Å²) in [5, 5.41) is 3.46. The van der Waals surface area contributed by atoms with Crippen molar-refractivity contribution in [3.63, 3.8) is 0 Å². The van der Waals surface area contributed by atoms with Gasteiger partial charge in [0.25, 0.3) is 0 Å². The minimum Gasteiger partial charge on any atom is -0.497 e. The quantitative estimate of drug-likeness (QED) is 0.868. The van der Waals surface area contributed by atoms with Crippen molar-refractivity contribution < 1.29 is 9.53 Å². The molecule has 0 aromatic heterocycles. The van der Waals surface area contributed by atoms with Gasteiger partial charge in [-0.25, -0.2) is 0 Å². The van der Waals surface area contributed by atoms with Crippen LogP contribution in [-0.4, -0.2) is 30.5 Å². The molecule has 1 heterocycles. The molecule has 1 aromatic rings. The highest BCUT2D eigenvalue weighted by Crippen LogP contribution is 2.28. The number of likely N-dealkylation sites (N-methyl/N-ethyl adjacent to an activating group) is 1.